The fourth-order valence-corrected chi connectivity index (χ4v) is 2.77. The molecule has 0 saturated carbocycles. The molecule has 0 radical (unpaired) electrons. The lowest BCUT2D eigenvalue weighted by atomic mass is 9.80. The summed E-state index contributed by atoms with van der Waals surface area (Å²) in [6.45, 7) is 6.73. The molecule has 0 amide bonds. The number of aliphatic hydroxyl groups excluding tert-OH is 1. The Kier molecular flexibility index (Phi) is 8.44. The maximum absolute atomic E-state index is 13.1. The van der Waals surface area contributed by atoms with E-state index in [1.807, 2.05) is 37.3 Å². The number of rotatable bonds is 8. The average molecular weight is 381 g/mol. The van der Waals surface area contributed by atoms with Gasteiger partial charge < -0.3 is 9.84 Å². The van der Waals surface area contributed by atoms with Crippen LogP contribution in [0.2, 0.25) is 0 Å². The van der Waals surface area contributed by atoms with Gasteiger partial charge in [0.1, 0.15) is 5.82 Å². The van der Waals surface area contributed by atoms with Gasteiger partial charge in [-0.05, 0) is 63.4 Å². The Morgan fingerprint density at radius 2 is 1.82 bits per heavy atom. The van der Waals surface area contributed by atoms with E-state index in [4.69, 9.17) is 4.74 Å². The number of hydrogen-bond acceptors (Lipinski definition) is 2. The summed E-state index contributed by atoms with van der Waals surface area (Å²) in [6.07, 6.45) is 2.96. The summed E-state index contributed by atoms with van der Waals surface area (Å²) in [5.74, 6) is 6.02. The second kappa shape index (κ2) is 10.8. The summed E-state index contributed by atoms with van der Waals surface area (Å²) in [4.78, 5) is 0. The monoisotopic (exact) mass is 380 g/mol. The van der Waals surface area contributed by atoms with Gasteiger partial charge in [-0.15, -0.1) is 0 Å². The zero-order valence-electron chi connectivity index (χ0n) is 16.9. The van der Waals surface area contributed by atoms with E-state index in [0.717, 1.165) is 17.5 Å². The van der Waals surface area contributed by atoms with Crippen molar-refractivity contribution in [3.05, 3.63) is 83.2 Å². The van der Waals surface area contributed by atoms with Gasteiger partial charge in [0.05, 0.1) is 24.7 Å². The highest BCUT2D eigenvalue weighted by Crippen LogP contribution is 2.28. The van der Waals surface area contributed by atoms with Gasteiger partial charge >= 0.3 is 0 Å². The van der Waals surface area contributed by atoms with Crippen LogP contribution in [0.4, 0.5) is 4.39 Å². The van der Waals surface area contributed by atoms with Gasteiger partial charge in [-0.1, -0.05) is 53.8 Å². The average Bonchev–Trinajstić information content (AvgIpc) is 2.68. The smallest absolute Gasteiger partial charge is 0.123 e. The highest BCUT2D eigenvalue weighted by molar-refractivity contribution is 5.36. The van der Waals surface area contributed by atoms with E-state index in [0.29, 0.717) is 13.0 Å². The van der Waals surface area contributed by atoms with Crippen molar-refractivity contribution < 1.29 is 14.2 Å². The van der Waals surface area contributed by atoms with E-state index in [2.05, 4.69) is 31.8 Å². The lowest BCUT2D eigenvalue weighted by Crippen LogP contribution is -2.35. The molecule has 0 aliphatic heterocycles. The maximum atomic E-state index is 13.1. The minimum atomic E-state index is -0.727. The SMILES string of the molecule is CC(C)=CCC[C@@](C)(C#Cc1ccc(F)cc1)[C@@H](O)COCc1ccccc1. The van der Waals surface area contributed by atoms with Crippen LogP contribution in [0, 0.1) is 23.1 Å². The summed E-state index contributed by atoms with van der Waals surface area (Å²) in [5, 5.41) is 10.8. The van der Waals surface area contributed by atoms with E-state index in [-0.39, 0.29) is 12.4 Å². The van der Waals surface area contributed by atoms with E-state index < -0.39 is 11.5 Å². The normalized spacial score (nSPS) is 13.8. The molecule has 28 heavy (non-hydrogen) atoms. The molecule has 0 aromatic heterocycles. The van der Waals surface area contributed by atoms with Crippen LogP contribution in [-0.4, -0.2) is 17.8 Å². The molecular formula is C25H29FO2. The minimum absolute atomic E-state index is 0.207. The minimum Gasteiger partial charge on any atom is -0.389 e. The molecule has 2 nitrogen and oxygen atoms in total. The maximum Gasteiger partial charge on any atom is 0.123 e. The Hall–Kier alpha value is -2.41. The number of aliphatic hydroxyl groups is 1. The summed E-state index contributed by atoms with van der Waals surface area (Å²) in [5.41, 5.74) is 2.41. The molecule has 0 bridgehead atoms. The molecule has 0 spiro atoms. The van der Waals surface area contributed by atoms with Crippen LogP contribution in [0.1, 0.15) is 44.7 Å². The highest BCUT2D eigenvalue weighted by Gasteiger charge is 2.30. The Labute approximate surface area is 168 Å². The number of halogens is 1. The predicted molar refractivity (Wildman–Crippen MR) is 112 cm³/mol. The number of ether oxygens (including phenoxy) is 1. The molecule has 2 aromatic carbocycles. The lowest BCUT2D eigenvalue weighted by Gasteiger charge is -2.29. The van der Waals surface area contributed by atoms with Gasteiger partial charge in [-0.3, -0.25) is 0 Å². The van der Waals surface area contributed by atoms with Crippen molar-refractivity contribution >= 4 is 0 Å². The van der Waals surface area contributed by atoms with Crippen molar-refractivity contribution in [3.8, 4) is 11.8 Å². The molecule has 0 fully saturated rings. The fraction of sp³-hybridized carbons (Fsp3) is 0.360. The van der Waals surface area contributed by atoms with Crippen LogP contribution >= 0.6 is 0 Å². The highest BCUT2D eigenvalue weighted by atomic mass is 19.1. The Bertz CT molecular complexity index is 811. The quantitative estimate of drug-likeness (QED) is 0.483. The molecule has 2 rings (SSSR count). The zero-order valence-corrected chi connectivity index (χ0v) is 16.9. The molecule has 2 atom stereocenters. The summed E-state index contributed by atoms with van der Waals surface area (Å²) >= 11 is 0. The topological polar surface area (TPSA) is 29.5 Å². The molecule has 0 aliphatic carbocycles. The van der Waals surface area contributed by atoms with E-state index in [9.17, 15) is 9.50 Å². The van der Waals surface area contributed by atoms with Crippen molar-refractivity contribution in [3.63, 3.8) is 0 Å². The van der Waals surface area contributed by atoms with Crippen LogP contribution in [0.5, 0.6) is 0 Å². The molecule has 3 heteroatoms. The summed E-state index contributed by atoms with van der Waals surface area (Å²) in [6, 6.07) is 16.0. The Morgan fingerprint density at radius 1 is 1.14 bits per heavy atom. The first-order chi connectivity index (χ1) is 13.4. The van der Waals surface area contributed by atoms with Crippen LogP contribution in [0.25, 0.3) is 0 Å². The summed E-state index contributed by atoms with van der Waals surface area (Å²) < 4.78 is 18.8. The largest absolute Gasteiger partial charge is 0.389 e. The Balaban J connectivity index is 2.07. The van der Waals surface area contributed by atoms with Gasteiger partial charge in [0, 0.05) is 5.56 Å². The molecule has 0 heterocycles. The van der Waals surface area contributed by atoms with Crippen LogP contribution in [0.15, 0.2) is 66.2 Å². The third-order valence-corrected chi connectivity index (χ3v) is 4.68. The number of hydrogen-bond donors (Lipinski definition) is 1. The van der Waals surface area contributed by atoms with E-state index in [1.54, 1.807) is 12.1 Å². The van der Waals surface area contributed by atoms with Crippen molar-refractivity contribution in [2.24, 2.45) is 5.41 Å². The van der Waals surface area contributed by atoms with Gasteiger partial charge in [-0.25, -0.2) is 4.39 Å². The van der Waals surface area contributed by atoms with Crippen molar-refractivity contribution in [1.82, 2.24) is 0 Å². The van der Waals surface area contributed by atoms with Gasteiger partial charge in [0.15, 0.2) is 0 Å². The molecule has 2 aromatic rings. The van der Waals surface area contributed by atoms with E-state index >= 15 is 0 Å². The molecule has 0 aliphatic rings. The second-order valence-corrected chi connectivity index (χ2v) is 7.51. The molecular weight excluding hydrogens is 351 g/mol. The van der Waals surface area contributed by atoms with Crippen LogP contribution < -0.4 is 0 Å². The first kappa shape index (κ1) is 21.9. The standard InChI is InChI=1S/C25H29FO2/c1-20(2)8-7-16-25(3,17-15-21-11-13-23(26)14-12-21)24(27)19-28-18-22-9-5-4-6-10-22/h4-6,8-14,24,27H,7,16,18-19H2,1-3H3/t24-,25-/m0/s1. The fourth-order valence-electron chi connectivity index (χ4n) is 2.77. The number of benzene rings is 2. The van der Waals surface area contributed by atoms with Crippen molar-refractivity contribution in [2.75, 3.05) is 6.61 Å². The van der Waals surface area contributed by atoms with Gasteiger partial charge in [0.25, 0.3) is 0 Å². The zero-order chi connectivity index (χ0) is 20.4. The molecule has 0 saturated heterocycles. The third-order valence-electron chi connectivity index (χ3n) is 4.68. The van der Waals surface area contributed by atoms with Crippen LogP contribution in [0.3, 0.4) is 0 Å². The summed E-state index contributed by atoms with van der Waals surface area (Å²) in [7, 11) is 0. The molecule has 148 valence electrons. The van der Waals surface area contributed by atoms with Crippen molar-refractivity contribution in [2.45, 2.75) is 46.3 Å². The predicted octanol–water partition coefficient (Wildman–Crippen LogP) is 5.51. The lowest BCUT2D eigenvalue weighted by molar-refractivity contribution is -0.0209. The first-order valence-corrected chi connectivity index (χ1v) is 9.61. The third kappa shape index (κ3) is 7.31. The Morgan fingerprint density at radius 3 is 2.46 bits per heavy atom. The molecule has 1 N–H and O–H groups in total. The van der Waals surface area contributed by atoms with Crippen LogP contribution in [-0.2, 0) is 11.3 Å². The van der Waals surface area contributed by atoms with E-state index in [1.165, 1.54) is 17.7 Å². The second-order valence-electron chi connectivity index (χ2n) is 7.51. The molecule has 0 unspecified atom stereocenters. The van der Waals surface area contributed by atoms with Gasteiger partial charge in [0.2, 0.25) is 0 Å². The number of allylic oxidation sites excluding steroid dienone is 2. The van der Waals surface area contributed by atoms with Gasteiger partial charge in [-0.2, -0.15) is 0 Å². The van der Waals surface area contributed by atoms with Crippen molar-refractivity contribution in [1.29, 1.82) is 0 Å². The first-order valence-electron chi connectivity index (χ1n) is 9.61.